The van der Waals surface area contributed by atoms with Gasteiger partial charge in [0.1, 0.15) is 5.82 Å². The molecule has 11 heteroatoms. The maximum atomic E-state index is 13.6. The van der Waals surface area contributed by atoms with E-state index < -0.39 is 17.4 Å². The molecule has 0 aliphatic carbocycles. The van der Waals surface area contributed by atoms with Gasteiger partial charge in [0.15, 0.2) is 11.6 Å². The van der Waals surface area contributed by atoms with Crippen LogP contribution in [-0.2, 0) is 11.8 Å². The number of aromatic nitrogens is 1. The molecule has 176 valence electrons. The van der Waals surface area contributed by atoms with E-state index in [2.05, 4.69) is 10.3 Å². The number of hydrogen-bond donors (Lipinski definition) is 2. The molecule has 4 rings (SSSR count). The summed E-state index contributed by atoms with van der Waals surface area (Å²) in [7, 11) is 3.66. The van der Waals surface area contributed by atoms with Gasteiger partial charge in [-0.25, -0.2) is 9.98 Å². The summed E-state index contributed by atoms with van der Waals surface area (Å²) in [5.74, 6) is 0.459. The van der Waals surface area contributed by atoms with E-state index in [-0.39, 0.29) is 5.82 Å². The first kappa shape index (κ1) is 23.7. The highest BCUT2D eigenvalue weighted by atomic mass is 35.5. The van der Waals surface area contributed by atoms with Crippen molar-refractivity contribution in [3.05, 3.63) is 69.0 Å². The van der Waals surface area contributed by atoms with E-state index >= 15 is 0 Å². The predicted molar refractivity (Wildman–Crippen MR) is 124 cm³/mol. The van der Waals surface area contributed by atoms with E-state index in [1.54, 1.807) is 28.0 Å². The van der Waals surface area contributed by atoms with Crippen LogP contribution in [0.5, 0.6) is 0 Å². The highest BCUT2D eigenvalue weighted by Crippen LogP contribution is 2.41. The summed E-state index contributed by atoms with van der Waals surface area (Å²) >= 11 is 12.4. The SMILES string of the molecule is CN(C)C1=NC(N)(c2ccc(Cl)c(Cl)c2)C2=C(CCN(c3ncccc3C(F)(F)F)CC2)N1. The van der Waals surface area contributed by atoms with Gasteiger partial charge in [-0.15, -0.1) is 0 Å². The molecular formula is C22H23Cl2F3N6. The molecule has 0 spiro atoms. The highest BCUT2D eigenvalue weighted by molar-refractivity contribution is 6.42. The first-order valence-electron chi connectivity index (χ1n) is 10.3. The van der Waals surface area contributed by atoms with E-state index in [0.29, 0.717) is 47.5 Å². The maximum absolute atomic E-state index is 13.6. The van der Waals surface area contributed by atoms with E-state index in [1.807, 2.05) is 14.1 Å². The summed E-state index contributed by atoms with van der Waals surface area (Å²) in [5.41, 5.74) is 7.16. The van der Waals surface area contributed by atoms with Gasteiger partial charge in [0.05, 0.1) is 15.6 Å². The number of nitrogens with one attached hydrogen (secondary N) is 1. The zero-order valence-corrected chi connectivity index (χ0v) is 19.6. The third-order valence-corrected chi connectivity index (χ3v) is 6.55. The Bertz CT molecular complexity index is 1130. The molecule has 33 heavy (non-hydrogen) atoms. The summed E-state index contributed by atoms with van der Waals surface area (Å²) in [4.78, 5) is 12.3. The molecule has 1 unspecified atom stereocenters. The van der Waals surface area contributed by atoms with E-state index in [4.69, 9.17) is 33.9 Å². The fourth-order valence-electron chi connectivity index (χ4n) is 4.13. The molecule has 2 aromatic rings. The topological polar surface area (TPSA) is 69.8 Å². The van der Waals surface area contributed by atoms with Crippen LogP contribution in [0.1, 0.15) is 24.0 Å². The van der Waals surface area contributed by atoms with Gasteiger partial charge in [-0.3, -0.25) is 5.73 Å². The zero-order valence-electron chi connectivity index (χ0n) is 18.0. The van der Waals surface area contributed by atoms with Crippen molar-refractivity contribution in [2.24, 2.45) is 10.7 Å². The monoisotopic (exact) mass is 498 g/mol. The molecule has 6 nitrogen and oxygen atoms in total. The Balaban J connectivity index is 1.73. The average Bonchev–Trinajstić information content (AvgIpc) is 2.98. The van der Waals surface area contributed by atoms with Crippen molar-refractivity contribution in [3.63, 3.8) is 0 Å². The van der Waals surface area contributed by atoms with Crippen LogP contribution in [-0.4, -0.2) is 43.0 Å². The van der Waals surface area contributed by atoms with E-state index in [9.17, 15) is 13.2 Å². The number of alkyl halides is 3. The van der Waals surface area contributed by atoms with Crippen LogP contribution in [0.4, 0.5) is 19.0 Å². The van der Waals surface area contributed by atoms with Crippen molar-refractivity contribution in [1.82, 2.24) is 15.2 Å². The maximum Gasteiger partial charge on any atom is 0.419 e. The first-order chi connectivity index (χ1) is 15.5. The predicted octanol–water partition coefficient (Wildman–Crippen LogP) is 4.59. The third-order valence-electron chi connectivity index (χ3n) is 5.81. The summed E-state index contributed by atoms with van der Waals surface area (Å²) in [5, 5.41) is 4.05. The number of halogens is 5. The normalized spacial score (nSPS) is 21.2. The summed E-state index contributed by atoms with van der Waals surface area (Å²) in [6.45, 7) is 0.637. The van der Waals surface area contributed by atoms with Crippen LogP contribution in [0.15, 0.2) is 52.8 Å². The Hall–Kier alpha value is -2.49. The molecule has 1 atom stereocenters. The smallest absolute Gasteiger partial charge is 0.355 e. The molecule has 2 aliphatic rings. The van der Waals surface area contributed by atoms with Gasteiger partial charge in [-0.05, 0) is 41.8 Å². The van der Waals surface area contributed by atoms with Crippen LogP contribution < -0.4 is 16.0 Å². The standard InChI is InChI=1S/C22H23Cl2F3N6/c1-32(2)20-30-18-8-11-33(19-15(22(25,26)27)4-3-9-29-19)10-7-14(18)21(28,31-20)13-5-6-16(23)17(24)12-13/h3-6,9,12H,7-8,10-11,28H2,1-2H3,(H,30,31). The van der Waals surface area contributed by atoms with Gasteiger partial charge in [0, 0.05) is 45.5 Å². The number of guanidine groups is 1. The molecule has 0 bridgehead atoms. The molecule has 0 saturated heterocycles. The summed E-state index contributed by atoms with van der Waals surface area (Å²) in [6, 6.07) is 7.45. The van der Waals surface area contributed by atoms with Crippen LogP contribution in [0, 0.1) is 0 Å². The van der Waals surface area contributed by atoms with Crippen LogP contribution in [0.25, 0.3) is 0 Å². The Kier molecular flexibility index (Phi) is 6.24. The van der Waals surface area contributed by atoms with Gasteiger partial charge in [-0.2, -0.15) is 13.2 Å². The highest BCUT2D eigenvalue weighted by Gasteiger charge is 2.41. The zero-order chi connectivity index (χ0) is 24.0. The molecule has 0 saturated carbocycles. The number of aliphatic imine (C=N–C) groups is 1. The largest absolute Gasteiger partial charge is 0.419 e. The number of rotatable bonds is 2. The lowest BCUT2D eigenvalue weighted by molar-refractivity contribution is -0.137. The number of nitrogens with two attached hydrogens (primary N) is 1. The number of pyridine rings is 1. The number of nitrogens with zero attached hydrogens (tertiary/aromatic N) is 4. The fraction of sp³-hybridized carbons (Fsp3) is 0.364. The molecule has 1 aromatic carbocycles. The third kappa shape index (κ3) is 4.49. The van der Waals surface area contributed by atoms with Gasteiger partial charge in [-0.1, -0.05) is 29.3 Å². The number of anilines is 1. The molecule has 3 N–H and O–H groups in total. The van der Waals surface area contributed by atoms with Crippen LogP contribution >= 0.6 is 23.2 Å². The quantitative estimate of drug-likeness (QED) is 0.633. The Morgan fingerprint density at radius 2 is 1.85 bits per heavy atom. The van der Waals surface area contributed by atoms with Crippen molar-refractivity contribution in [1.29, 1.82) is 0 Å². The van der Waals surface area contributed by atoms with Gasteiger partial charge in [0.25, 0.3) is 0 Å². The second kappa shape index (κ2) is 8.70. The van der Waals surface area contributed by atoms with Crippen molar-refractivity contribution in [3.8, 4) is 0 Å². The lowest BCUT2D eigenvalue weighted by Gasteiger charge is -2.37. The number of benzene rings is 1. The second-order valence-electron chi connectivity index (χ2n) is 8.17. The Morgan fingerprint density at radius 3 is 2.52 bits per heavy atom. The average molecular weight is 499 g/mol. The second-order valence-corrected chi connectivity index (χ2v) is 8.98. The van der Waals surface area contributed by atoms with Crippen molar-refractivity contribution in [2.75, 3.05) is 32.1 Å². The molecule has 0 amide bonds. The van der Waals surface area contributed by atoms with Gasteiger partial charge >= 0.3 is 6.18 Å². The molecule has 1 aromatic heterocycles. The molecule has 3 heterocycles. The minimum atomic E-state index is -4.50. The fourth-order valence-corrected chi connectivity index (χ4v) is 4.43. The minimum Gasteiger partial charge on any atom is -0.355 e. The molecule has 0 fully saturated rings. The lowest BCUT2D eigenvalue weighted by atomic mass is 9.87. The minimum absolute atomic E-state index is 0.0873. The van der Waals surface area contributed by atoms with Crippen molar-refractivity contribution in [2.45, 2.75) is 24.7 Å². The van der Waals surface area contributed by atoms with Gasteiger partial charge in [0.2, 0.25) is 0 Å². The Morgan fingerprint density at radius 1 is 1.12 bits per heavy atom. The molecular weight excluding hydrogens is 476 g/mol. The number of hydrogen-bond acceptors (Lipinski definition) is 6. The first-order valence-corrected chi connectivity index (χ1v) is 11.0. The summed E-state index contributed by atoms with van der Waals surface area (Å²) < 4.78 is 40.8. The molecule has 0 radical (unpaired) electrons. The van der Waals surface area contributed by atoms with Crippen molar-refractivity contribution >= 4 is 35.0 Å². The lowest BCUT2D eigenvalue weighted by Crippen LogP contribution is -2.49. The van der Waals surface area contributed by atoms with Gasteiger partial charge < -0.3 is 15.1 Å². The van der Waals surface area contributed by atoms with Crippen LogP contribution in [0.3, 0.4) is 0 Å². The van der Waals surface area contributed by atoms with E-state index in [0.717, 1.165) is 17.3 Å². The van der Waals surface area contributed by atoms with Crippen LogP contribution in [0.2, 0.25) is 10.0 Å². The summed E-state index contributed by atoms with van der Waals surface area (Å²) in [6.07, 6.45) is -2.30. The van der Waals surface area contributed by atoms with Crippen molar-refractivity contribution < 1.29 is 13.2 Å². The van der Waals surface area contributed by atoms with E-state index in [1.165, 1.54) is 12.3 Å². The Labute approximate surface area is 199 Å². The molecule has 2 aliphatic heterocycles.